The van der Waals surface area contributed by atoms with Crippen LogP contribution in [-0.4, -0.2) is 39.8 Å². The lowest BCUT2D eigenvalue weighted by Gasteiger charge is -2.27. The molecule has 1 amide bonds. The Balaban J connectivity index is 1.62. The lowest BCUT2D eigenvalue weighted by Crippen LogP contribution is -2.40. The van der Waals surface area contributed by atoms with Gasteiger partial charge in [0.2, 0.25) is 11.8 Å². The Bertz CT molecular complexity index is 725. The van der Waals surface area contributed by atoms with E-state index in [4.69, 9.17) is 4.42 Å². The SMILES string of the molecule is CCc1cnc(CN(C(C)=O)[C@H]2CCN(Cc3cccc(C)c3)C2)o1. The molecule has 0 radical (unpaired) electrons. The van der Waals surface area contributed by atoms with Crippen LogP contribution in [0.4, 0.5) is 0 Å². The first-order valence-electron chi connectivity index (χ1n) is 9.04. The van der Waals surface area contributed by atoms with Gasteiger partial charge >= 0.3 is 0 Å². The number of oxazole rings is 1. The van der Waals surface area contributed by atoms with Gasteiger partial charge in [0, 0.05) is 39.0 Å². The smallest absolute Gasteiger partial charge is 0.220 e. The van der Waals surface area contributed by atoms with Crippen LogP contribution in [0, 0.1) is 6.92 Å². The summed E-state index contributed by atoms with van der Waals surface area (Å²) < 4.78 is 5.69. The molecule has 0 spiro atoms. The highest BCUT2D eigenvalue weighted by Gasteiger charge is 2.30. The van der Waals surface area contributed by atoms with E-state index in [9.17, 15) is 4.79 Å². The van der Waals surface area contributed by atoms with Crippen molar-refractivity contribution in [2.24, 2.45) is 0 Å². The van der Waals surface area contributed by atoms with Crippen LogP contribution in [0.25, 0.3) is 0 Å². The summed E-state index contributed by atoms with van der Waals surface area (Å²) in [6, 6.07) is 8.85. The maximum Gasteiger partial charge on any atom is 0.220 e. The molecule has 0 saturated carbocycles. The number of nitrogens with zero attached hydrogens (tertiary/aromatic N) is 3. The Morgan fingerprint density at radius 3 is 2.96 bits per heavy atom. The zero-order valence-electron chi connectivity index (χ0n) is 15.4. The molecule has 1 saturated heterocycles. The van der Waals surface area contributed by atoms with Gasteiger partial charge < -0.3 is 9.32 Å². The Labute approximate surface area is 149 Å². The van der Waals surface area contributed by atoms with Gasteiger partial charge in [0.05, 0.1) is 12.7 Å². The molecule has 5 nitrogen and oxygen atoms in total. The van der Waals surface area contributed by atoms with Crippen LogP contribution >= 0.6 is 0 Å². The van der Waals surface area contributed by atoms with E-state index in [-0.39, 0.29) is 11.9 Å². The highest BCUT2D eigenvalue weighted by atomic mass is 16.4. The summed E-state index contributed by atoms with van der Waals surface area (Å²) in [7, 11) is 0. The van der Waals surface area contributed by atoms with E-state index in [0.29, 0.717) is 12.4 Å². The summed E-state index contributed by atoms with van der Waals surface area (Å²) in [5.74, 6) is 1.58. The first-order valence-corrected chi connectivity index (χ1v) is 9.04. The number of carbonyl (C=O) groups is 1. The van der Waals surface area contributed by atoms with Crippen molar-refractivity contribution < 1.29 is 9.21 Å². The van der Waals surface area contributed by atoms with Crippen LogP contribution in [0.1, 0.15) is 43.0 Å². The zero-order chi connectivity index (χ0) is 17.8. The Hall–Kier alpha value is -2.14. The molecule has 0 aliphatic carbocycles. The van der Waals surface area contributed by atoms with E-state index in [1.54, 1.807) is 13.1 Å². The van der Waals surface area contributed by atoms with Crippen LogP contribution in [0.15, 0.2) is 34.9 Å². The second-order valence-electron chi connectivity index (χ2n) is 6.89. The lowest BCUT2D eigenvalue weighted by atomic mass is 10.1. The Kier molecular flexibility index (Phi) is 5.53. The van der Waals surface area contributed by atoms with Crippen molar-refractivity contribution in [1.82, 2.24) is 14.8 Å². The number of likely N-dealkylation sites (tertiary alicyclic amines) is 1. The highest BCUT2D eigenvalue weighted by molar-refractivity contribution is 5.73. The van der Waals surface area contributed by atoms with Gasteiger partial charge in [-0.25, -0.2) is 4.98 Å². The van der Waals surface area contributed by atoms with Crippen molar-refractivity contribution in [3.63, 3.8) is 0 Å². The van der Waals surface area contributed by atoms with Crippen molar-refractivity contribution in [3.05, 3.63) is 53.2 Å². The molecule has 2 aromatic rings. The fourth-order valence-corrected chi connectivity index (χ4v) is 3.51. The van der Waals surface area contributed by atoms with E-state index in [2.05, 4.69) is 41.1 Å². The van der Waals surface area contributed by atoms with Crippen molar-refractivity contribution in [2.75, 3.05) is 13.1 Å². The minimum atomic E-state index is 0.0821. The van der Waals surface area contributed by atoms with Crippen LogP contribution in [0.5, 0.6) is 0 Å². The minimum Gasteiger partial charge on any atom is -0.444 e. The summed E-state index contributed by atoms with van der Waals surface area (Å²) in [5, 5.41) is 0. The molecule has 0 unspecified atom stereocenters. The second-order valence-corrected chi connectivity index (χ2v) is 6.89. The van der Waals surface area contributed by atoms with E-state index in [0.717, 1.165) is 38.2 Å². The third-order valence-electron chi connectivity index (χ3n) is 4.84. The van der Waals surface area contributed by atoms with E-state index < -0.39 is 0 Å². The molecule has 25 heavy (non-hydrogen) atoms. The maximum atomic E-state index is 12.2. The number of hydrogen-bond donors (Lipinski definition) is 0. The van der Waals surface area contributed by atoms with Gasteiger partial charge in [-0.15, -0.1) is 0 Å². The number of carbonyl (C=O) groups excluding carboxylic acids is 1. The first kappa shape index (κ1) is 17.7. The van der Waals surface area contributed by atoms with Gasteiger partial charge in [-0.2, -0.15) is 0 Å². The molecule has 5 heteroatoms. The molecular formula is C20H27N3O2. The predicted molar refractivity (Wildman–Crippen MR) is 97.0 cm³/mol. The molecule has 3 rings (SSSR count). The van der Waals surface area contributed by atoms with Crippen LogP contribution < -0.4 is 0 Å². The fourth-order valence-electron chi connectivity index (χ4n) is 3.51. The molecule has 1 aliphatic rings. The summed E-state index contributed by atoms with van der Waals surface area (Å²) in [4.78, 5) is 20.8. The molecule has 1 aromatic carbocycles. The minimum absolute atomic E-state index is 0.0821. The molecule has 1 fully saturated rings. The Morgan fingerprint density at radius 2 is 2.28 bits per heavy atom. The van der Waals surface area contributed by atoms with E-state index in [1.807, 2.05) is 11.8 Å². The lowest BCUT2D eigenvalue weighted by molar-refractivity contribution is -0.132. The average Bonchev–Trinajstić information content (AvgIpc) is 3.21. The average molecular weight is 341 g/mol. The number of amides is 1. The molecule has 2 heterocycles. The zero-order valence-corrected chi connectivity index (χ0v) is 15.4. The summed E-state index contributed by atoms with van der Waals surface area (Å²) in [5.41, 5.74) is 2.62. The number of hydrogen-bond acceptors (Lipinski definition) is 4. The summed E-state index contributed by atoms with van der Waals surface area (Å²) >= 11 is 0. The summed E-state index contributed by atoms with van der Waals surface area (Å²) in [6.45, 7) is 9.08. The highest BCUT2D eigenvalue weighted by Crippen LogP contribution is 2.21. The van der Waals surface area contributed by atoms with Gasteiger partial charge in [-0.3, -0.25) is 9.69 Å². The topological polar surface area (TPSA) is 49.6 Å². The Morgan fingerprint density at radius 1 is 1.44 bits per heavy atom. The van der Waals surface area contributed by atoms with Crippen molar-refractivity contribution in [2.45, 2.75) is 52.7 Å². The van der Waals surface area contributed by atoms with Gasteiger partial charge in [0.1, 0.15) is 5.76 Å². The number of aryl methyl sites for hydroxylation is 2. The number of rotatable bonds is 6. The largest absolute Gasteiger partial charge is 0.444 e. The normalized spacial score (nSPS) is 17.8. The van der Waals surface area contributed by atoms with Crippen molar-refractivity contribution >= 4 is 5.91 Å². The van der Waals surface area contributed by atoms with Gasteiger partial charge in [-0.05, 0) is 18.9 Å². The summed E-state index contributed by atoms with van der Waals surface area (Å²) in [6.07, 6.45) is 3.57. The third kappa shape index (κ3) is 4.48. The molecule has 1 aromatic heterocycles. The molecule has 0 N–H and O–H groups in total. The van der Waals surface area contributed by atoms with Crippen molar-refractivity contribution in [1.29, 1.82) is 0 Å². The van der Waals surface area contributed by atoms with Gasteiger partial charge in [-0.1, -0.05) is 36.8 Å². The van der Waals surface area contributed by atoms with Gasteiger partial charge in [0.25, 0.3) is 0 Å². The van der Waals surface area contributed by atoms with E-state index >= 15 is 0 Å². The fraction of sp³-hybridized carbons (Fsp3) is 0.500. The number of aromatic nitrogens is 1. The quantitative estimate of drug-likeness (QED) is 0.810. The predicted octanol–water partition coefficient (Wildman–Crippen LogP) is 3.17. The van der Waals surface area contributed by atoms with Crippen LogP contribution in [-0.2, 0) is 24.3 Å². The maximum absolute atomic E-state index is 12.2. The molecule has 1 atom stereocenters. The molecule has 1 aliphatic heterocycles. The molecule has 134 valence electrons. The second kappa shape index (κ2) is 7.83. The van der Waals surface area contributed by atoms with Crippen molar-refractivity contribution in [3.8, 4) is 0 Å². The van der Waals surface area contributed by atoms with Gasteiger partial charge in [0.15, 0.2) is 0 Å². The monoisotopic (exact) mass is 341 g/mol. The molecule has 0 bridgehead atoms. The van der Waals surface area contributed by atoms with E-state index in [1.165, 1.54) is 11.1 Å². The third-order valence-corrected chi connectivity index (χ3v) is 4.84. The van der Waals surface area contributed by atoms with Crippen LogP contribution in [0.2, 0.25) is 0 Å². The standard InChI is InChI=1S/C20H27N3O2/c1-4-19-11-21-20(25-19)14-23(16(3)24)18-8-9-22(13-18)12-17-7-5-6-15(2)10-17/h5-7,10-11,18H,4,8-9,12-14H2,1-3H3/t18-/m0/s1. The number of benzene rings is 1. The van der Waals surface area contributed by atoms with Crippen LogP contribution in [0.3, 0.4) is 0 Å². The first-order chi connectivity index (χ1) is 12.0. The molecular weight excluding hydrogens is 314 g/mol.